The van der Waals surface area contributed by atoms with Gasteiger partial charge in [-0.25, -0.2) is 9.97 Å². The molecule has 0 aliphatic rings. The van der Waals surface area contributed by atoms with Crippen LogP contribution in [-0.2, 0) is 20.0 Å². The first kappa shape index (κ1) is 12.3. The van der Waals surface area contributed by atoms with Crippen LogP contribution in [0, 0.1) is 13.8 Å². The van der Waals surface area contributed by atoms with Crippen LogP contribution < -0.4 is 5.32 Å². The second-order valence-corrected chi connectivity index (χ2v) is 5.42. The Balaban J connectivity index is 1.75. The number of nitrogens with one attached hydrogen (secondary N) is 1. The van der Waals surface area contributed by atoms with Crippen molar-refractivity contribution in [1.82, 2.24) is 19.9 Å². The molecule has 0 amide bonds. The minimum absolute atomic E-state index is 0.851. The highest BCUT2D eigenvalue weighted by Crippen LogP contribution is 2.15. The molecule has 4 nitrogen and oxygen atoms in total. The lowest BCUT2D eigenvalue weighted by Crippen LogP contribution is -2.18. The van der Waals surface area contributed by atoms with Gasteiger partial charge in [-0.1, -0.05) is 0 Å². The molecule has 0 spiro atoms. The minimum Gasteiger partial charge on any atom is -0.338 e. The number of nitrogens with zero attached hydrogens (tertiary/aromatic N) is 3. The van der Waals surface area contributed by atoms with Crippen molar-refractivity contribution in [1.29, 1.82) is 0 Å². The van der Waals surface area contributed by atoms with E-state index >= 15 is 0 Å². The van der Waals surface area contributed by atoms with Crippen LogP contribution in [0.5, 0.6) is 0 Å². The van der Waals surface area contributed by atoms with Gasteiger partial charge in [0.05, 0.1) is 5.69 Å². The van der Waals surface area contributed by atoms with Crippen molar-refractivity contribution in [3.05, 3.63) is 33.8 Å². The van der Waals surface area contributed by atoms with E-state index in [4.69, 9.17) is 0 Å². The van der Waals surface area contributed by atoms with Gasteiger partial charge in [-0.2, -0.15) is 0 Å². The van der Waals surface area contributed by atoms with E-state index in [-0.39, 0.29) is 0 Å². The highest BCUT2D eigenvalue weighted by Gasteiger charge is 2.03. The second kappa shape index (κ2) is 5.42. The molecule has 0 saturated heterocycles. The number of aryl methyl sites for hydroxylation is 3. The quantitative estimate of drug-likeness (QED) is 0.823. The van der Waals surface area contributed by atoms with Crippen molar-refractivity contribution in [3.8, 4) is 0 Å². The van der Waals surface area contributed by atoms with Crippen LogP contribution in [0.4, 0.5) is 0 Å². The Morgan fingerprint density at radius 1 is 1.41 bits per heavy atom. The van der Waals surface area contributed by atoms with Crippen LogP contribution in [0.15, 0.2) is 12.4 Å². The molecular formula is C12H18N4S. The van der Waals surface area contributed by atoms with Crippen LogP contribution in [0.2, 0.25) is 0 Å². The van der Waals surface area contributed by atoms with E-state index in [1.807, 2.05) is 19.4 Å². The van der Waals surface area contributed by atoms with Crippen molar-refractivity contribution in [2.24, 2.45) is 7.05 Å². The van der Waals surface area contributed by atoms with Gasteiger partial charge in [0.2, 0.25) is 0 Å². The predicted molar refractivity (Wildman–Crippen MR) is 70.2 cm³/mol. The van der Waals surface area contributed by atoms with Gasteiger partial charge in [0.25, 0.3) is 0 Å². The van der Waals surface area contributed by atoms with Gasteiger partial charge in [-0.15, -0.1) is 11.3 Å². The number of hydrogen-bond donors (Lipinski definition) is 1. The summed E-state index contributed by atoms with van der Waals surface area (Å²) in [6.45, 7) is 5.96. The Kier molecular flexibility index (Phi) is 3.91. The number of thiazole rings is 1. The van der Waals surface area contributed by atoms with Crippen molar-refractivity contribution >= 4 is 11.3 Å². The maximum atomic E-state index is 4.50. The lowest BCUT2D eigenvalue weighted by atomic mass is 10.4. The smallest absolute Gasteiger partial charge is 0.109 e. The molecule has 0 radical (unpaired) electrons. The van der Waals surface area contributed by atoms with E-state index in [1.165, 1.54) is 9.88 Å². The molecule has 0 unspecified atom stereocenters. The molecule has 0 atom stereocenters. The van der Waals surface area contributed by atoms with Crippen molar-refractivity contribution in [2.75, 3.05) is 6.54 Å². The zero-order chi connectivity index (χ0) is 12.3. The molecule has 5 heteroatoms. The topological polar surface area (TPSA) is 42.7 Å². The average Bonchev–Trinajstić information content (AvgIpc) is 2.82. The van der Waals surface area contributed by atoms with Gasteiger partial charge in [0, 0.05) is 43.8 Å². The Hall–Kier alpha value is -1.20. The summed E-state index contributed by atoms with van der Waals surface area (Å²) in [4.78, 5) is 10.1. The van der Waals surface area contributed by atoms with Crippen LogP contribution >= 0.6 is 11.3 Å². The monoisotopic (exact) mass is 250 g/mol. The number of aromatic nitrogens is 3. The van der Waals surface area contributed by atoms with Crippen LogP contribution in [0.1, 0.15) is 21.4 Å². The fourth-order valence-electron chi connectivity index (χ4n) is 1.65. The Morgan fingerprint density at radius 2 is 2.24 bits per heavy atom. The maximum Gasteiger partial charge on any atom is 0.109 e. The second-order valence-electron chi connectivity index (χ2n) is 4.13. The third-order valence-corrected chi connectivity index (χ3v) is 3.87. The molecule has 0 aromatic carbocycles. The Morgan fingerprint density at radius 3 is 2.82 bits per heavy atom. The van der Waals surface area contributed by atoms with Gasteiger partial charge in [0.15, 0.2) is 0 Å². The molecule has 2 aromatic rings. The minimum atomic E-state index is 0.851. The number of rotatable bonds is 5. The molecule has 17 heavy (non-hydrogen) atoms. The molecule has 0 aliphatic carbocycles. The maximum absolute atomic E-state index is 4.50. The van der Waals surface area contributed by atoms with Crippen LogP contribution in [0.3, 0.4) is 0 Å². The van der Waals surface area contributed by atoms with E-state index in [9.17, 15) is 0 Å². The number of hydrogen-bond acceptors (Lipinski definition) is 4. The zero-order valence-electron chi connectivity index (χ0n) is 10.5. The summed E-state index contributed by atoms with van der Waals surface area (Å²) in [6.07, 6.45) is 4.76. The molecule has 2 aromatic heterocycles. The predicted octanol–water partition coefficient (Wildman–Crippen LogP) is 1.83. The highest BCUT2D eigenvalue weighted by molar-refractivity contribution is 7.11. The van der Waals surface area contributed by atoms with Gasteiger partial charge in [-0.05, 0) is 13.8 Å². The molecule has 0 aliphatic heterocycles. The van der Waals surface area contributed by atoms with E-state index in [2.05, 4.69) is 33.7 Å². The summed E-state index contributed by atoms with van der Waals surface area (Å²) in [5.74, 6) is 1.11. The Bertz CT molecular complexity index is 467. The largest absolute Gasteiger partial charge is 0.338 e. The summed E-state index contributed by atoms with van der Waals surface area (Å²) in [6, 6.07) is 0. The fourth-order valence-corrected chi connectivity index (χ4v) is 2.55. The first-order chi connectivity index (χ1) is 8.16. The lowest BCUT2D eigenvalue weighted by molar-refractivity contribution is 0.652. The van der Waals surface area contributed by atoms with Crippen LogP contribution in [-0.4, -0.2) is 21.1 Å². The van der Waals surface area contributed by atoms with Gasteiger partial charge >= 0.3 is 0 Å². The standard InChI is InChI=1S/C12H18N4S/c1-9-10(2)17-12(15-9)8-13-5-4-11-14-6-7-16(11)3/h6-7,13H,4-5,8H2,1-3H3. The van der Waals surface area contributed by atoms with Gasteiger partial charge in [-0.3, -0.25) is 0 Å². The molecule has 92 valence electrons. The van der Waals surface area contributed by atoms with Crippen molar-refractivity contribution in [3.63, 3.8) is 0 Å². The summed E-state index contributed by atoms with van der Waals surface area (Å²) in [5.41, 5.74) is 1.15. The summed E-state index contributed by atoms with van der Waals surface area (Å²) in [7, 11) is 2.02. The Labute approximate surface area is 106 Å². The summed E-state index contributed by atoms with van der Waals surface area (Å²) in [5, 5.41) is 4.57. The first-order valence-electron chi connectivity index (χ1n) is 5.76. The molecule has 0 saturated carbocycles. The van der Waals surface area contributed by atoms with E-state index in [1.54, 1.807) is 11.3 Å². The van der Waals surface area contributed by atoms with Gasteiger partial charge < -0.3 is 9.88 Å². The van der Waals surface area contributed by atoms with Crippen LogP contribution in [0.25, 0.3) is 0 Å². The van der Waals surface area contributed by atoms with Crippen molar-refractivity contribution in [2.45, 2.75) is 26.8 Å². The molecule has 1 N–H and O–H groups in total. The normalized spacial score (nSPS) is 11.0. The third kappa shape index (κ3) is 3.14. The first-order valence-corrected chi connectivity index (χ1v) is 6.58. The average molecular weight is 250 g/mol. The number of imidazole rings is 1. The highest BCUT2D eigenvalue weighted by atomic mass is 32.1. The molecule has 2 heterocycles. The summed E-state index contributed by atoms with van der Waals surface area (Å²) >= 11 is 1.77. The SMILES string of the molecule is Cc1nc(CNCCc2nccn2C)sc1C. The fraction of sp³-hybridized carbons (Fsp3) is 0.500. The van der Waals surface area contributed by atoms with E-state index < -0.39 is 0 Å². The molecular weight excluding hydrogens is 232 g/mol. The molecule has 0 fully saturated rings. The van der Waals surface area contributed by atoms with E-state index in [0.717, 1.165) is 31.0 Å². The van der Waals surface area contributed by atoms with Gasteiger partial charge in [0.1, 0.15) is 10.8 Å². The third-order valence-electron chi connectivity index (χ3n) is 2.80. The van der Waals surface area contributed by atoms with Crippen molar-refractivity contribution < 1.29 is 0 Å². The van der Waals surface area contributed by atoms with E-state index in [0.29, 0.717) is 0 Å². The lowest BCUT2D eigenvalue weighted by Gasteiger charge is -2.02. The summed E-state index contributed by atoms with van der Waals surface area (Å²) < 4.78 is 2.05. The zero-order valence-corrected chi connectivity index (χ0v) is 11.3. The molecule has 2 rings (SSSR count). The molecule has 0 bridgehead atoms.